The molecule has 1 atom stereocenters. The van der Waals surface area contributed by atoms with E-state index in [-0.39, 0.29) is 9.73 Å². The van der Waals surface area contributed by atoms with E-state index in [1.807, 2.05) is 0 Å². The van der Waals surface area contributed by atoms with E-state index in [0.29, 0.717) is 0 Å². The van der Waals surface area contributed by atoms with Crippen molar-refractivity contribution < 1.29 is 33.3 Å². The average Bonchev–Trinajstić information content (AvgIpc) is 2.76. The van der Waals surface area contributed by atoms with E-state index in [0.717, 1.165) is 24.3 Å². The quantitative estimate of drug-likeness (QED) is 0.509. The second-order valence-electron chi connectivity index (χ2n) is 3.20. The maximum Gasteiger partial charge on any atom is 0.464 e. The number of hydroxylamine groups is 2. The molecule has 1 unspecified atom stereocenters. The molecule has 94 valence electrons. The molecule has 2 aliphatic rings. The molecule has 2 aliphatic heterocycles. The van der Waals surface area contributed by atoms with Crippen molar-refractivity contribution in [1.29, 1.82) is 0 Å². The van der Waals surface area contributed by atoms with Crippen molar-refractivity contribution in [3.05, 3.63) is 24.3 Å². The lowest BCUT2D eigenvalue weighted by Gasteiger charge is -2.22. The lowest BCUT2D eigenvalue weighted by Crippen LogP contribution is -2.35. The Bertz CT molecular complexity index is 542. The number of amides is 4. The van der Waals surface area contributed by atoms with Gasteiger partial charge in [-0.1, -0.05) is 0 Å². The van der Waals surface area contributed by atoms with Crippen LogP contribution in [0.25, 0.3) is 0 Å². The van der Waals surface area contributed by atoms with Crippen LogP contribution in [0.4, 0.5) is 0 Å². The highest BCUT2D eigenvalue weighted by Gasteiger charge is 2.45. The van der Waals surface area contributed by atoms with E-state index in [2.05, 4.69) is 4.62 Å². The standard InChI is InChI=1S/C8H5N2O7P/c11-5-1-2-6(12)9(5)17-18(15,16)10-7(13)3-4-8(10)14/h1-4H,(H,15,16). The molecule has 2 rings (SSSR count). The fourth-order valence-electron chi connectivity index (χ4n) is 1.25. The van der Waals surface area contributed by atoms with Crippen LogP contribution < -0.4 is 0 Å². The maximum atomic E-state index is 11.7. The Hall–Kier alpha value is -2.09. The third-order valence-corrected chi connectivity index (χ3v) is 3.27. The van der Waals surface area contributed by atoms with Crippen LogP contribution in [0.3, 0.4) is 0 Å². The monoisotopic (exact) mass is 272 g/mol. The van der Waals surface area contributed by atoms with Gasteiger partial charge in [-0.25, -0.2) is 4.57 Å². The van der Waals surface area contributed by atoms with Gasteiger partial charge in [-0.15, -0.1) is 5.06 Å². The number of imide groups is 2. The summed E-state index contributed by atoms with van der Waals surface area (Å²) in [6, 6.07) is 0. The number of hydrogen-bond acceptors (Lipinski definition) is 6. The van der Waals surface area contributed by atoms with E-state index in [1.165, 1.54) is 0 Å². The minimum atomic E-state index is -4.96. The van der Waals surface area contributed by atoms with Crippen LogP contribution in [0.5, 0.6) is 0 Å². The predicted octanol–water partition coefficient (Wildman–Crippen LogP) is -1.13. The van der Waals surface area contributed by atoms with E-state index < -0.39 is 31.4 Å². The molecular weight excluding hydrogens is 267 g/mol. The molecule has 0 radical (unpaired) electrons. The molecule has 0 spiro atoms. The highest BCUT2D eigenvalue weighted by molar-refractivity contribution is 7.52. The largest absolute Gasteiger partial charge is 0.464 e. The van der Waals surface area contributed by atoms with Crippen molar-refractivity contribution in [2.75, 3.05) is 0 Å². The molecule has 0 saturated heterocycles. The van der Waals surface area contributed by atoms with Crippen molar-refractivity contribution in [1.82, 2.24) is 9.73 Å². The molecule has 18 heavy (non-hydrogen) atoms. The summed E-state index contributed by atoms with van der Waals surface area (Å²) in [5.41, 5.74) is 0. The molecule has 0 aliphatic carbocycles. The normalized spacial score (nSPS) is 22.3. The third-order valence-electron chi connectivity index (χ3n) is 2.00. The van der Waals surface area contributed by atoms with Crippen molar-refractivity contribution in [3.63, 3.8) is 0 Å². The smallest absolute Gasteiger partial charge is 0.306 e. The number of carbonyl (C=O) groups excluding carboxylic acids is 4. The van der Waals surface area contributed by atoms with Gasteiger partial charge >= 0.3 is 7.75 Å². The SMILES string of the molecule is O=C1C=CC(=O)N1OP(=O)(O)N1C(=O)C=CC1=O. The lowest BCUT2D eigenvalue weighted by molar-refractivity contribution is -0.166. The van der Waals surface area contributed by atoms with Crippen molar-refractivity contribution >= 4 is 31.4 Å². The summed E-state index contributed by atoms with van der Waals surface area (Å²) in [6.45, 7) is 0. The van der Waals surface area contributed by atoms with Gasteiger partial charge in [0.25, 0.3) is 23.6 Å². The third kappa shape index (κ3) is 1.90. The van der Waals surface area contributed by atoms with Gasteiger partial charge < -0.3 is 4.89 Å². The Morgan fingerprint density at radius 2 is 1.28 bits per heavy atom. The van der Waals surface area contributed by atoms with Gasteiger partial charge in [0.05, 0.1) is 0 Å². The van der Waals surface area contributed by atoms with Crippen LogP contribution >= 0.6 is 7.75 Å². The number of hydrogen-bond donors (Lipinski definition) is 1. The fourth-order valence-corrected chi connectivity index (χ4v) is 2.33. The van der Waals surface area contributed by atoms with Gasteiger partial charge in [-0.05, 0) is 0 Å². The first-order chi connectivity index (χ1) is 8.33. The van der Waals surface area contributed by atoms with Crippen LogP contribution in [0, 0.1) is 0 Å². The summed E-state index contributed by atoms with van der Waals surface area (Å²) >= 11 is 0. The van der Waals surface area contributed by atoms with E-state index in [9.17, 15) is 28.6 Å². The molecule has 0 saturated carbocycles. The number of carbonyl (C=O) groups is 4. The van der Waals surface area contributed by atoms with E-state index in [4.69, 9.17) is 0 Å². The molecule has 2 heterocycles. The first-order valence-electron chi connectivity index (χ1n) is 4.48. The Balaban J connectivity index is 2.21. The predicted molar refractivity (Wildman–Crippen MR) is 52.9 cm³/mol. The van der Waals surface area contributed by atoms with Crippen LogP contribution in [0.1, 0.15) is 0 Å². The summed E-state index contributed by atoms with van der Waals surface area (Å²) in [4.78, 5) is 54.0. The van der Waals surface area contributed by atoms with Gasteiger partial charge in [0.15, 0.2) is 0 Å². The summed E-state index contributed by atoms with van der Waals surface area (Å²) in [6.07, 6.45) is 3.16. The van der Waals surface area contributed by atoms with Crippen LogP contribution in [0.15, 0.2) is 24.3 Å². The zero-order valence-corrected chi connectivity index (χ0v) is 9.44. The zero-order valence-electron chi connectivity index (χ0n) is 8.55. The highest BCUT2D eigenvalue weighted by Crippen LogP contribution is 2.49. The van der Waals surface area contributed by atoms with Crippen LogP contribution in [0.2, 0.25) is 0 Å². The van der Waals surface area contributed by atoms with Crippen molar-refractivity contribution in [2.45, 2.75) is 0 Å². The molecule has 0 aromatic carbocycles. The number of nitrogens with zero attached hydrogens (tertiary/aromatic N) is 2. The minimum Gasteiger partial charge on any atom is -0.306 e. The summed E-state index contributed by atoms with van der Waals surface area (Å²) < 4.78 is 15.9. The summed E-state index contributed by atoms with van der Waals surface area (Å²) in [7, 11) is -4.96. The molecule has 1 N–H and O–H groups in total. The lowest BCUT2D eigenvalue weighted by atomic mass is 10.6. The Labute approximate surface area is 99.4 Å². The fraction of sp³-hybridized carbons (Fsp3) is 0. The van der Waals surface area contributed by atoms with Crippen molar-refractivity contribution in [2.24, 2.45) is 0 Å². The maximum absolute atomic E-state index is 11.7. The molecule has 0 bridgehead atoms. The topological polar surface area (TPSA) is 121 Å². The Morgan fingerprint density at radius 3 is 1.72 bits per heavy atom. The van der Waals surface area contributed by atoms with Crippen molar-refractivity contribution in [3.8, 4) is 0 Å². The minimum absolute atomic E-state index is 0.000340. The second kappa shape index (κ2) is 3.98. The molecule has 0 aromatic heterocycles. The number of rotatable bonds is 3. The summed E-state index contributed by atoms with van der Waals surface area (Å²) in [5.74, 6) is -4.11. The molecule has 0 aromatic rings. The van der Waals surface area contributed by atoms with Gasteiger partial charge in [-0.2, -0.15) is 9.29 Å². The first-order valence-corrected chi connectivity index (χ1v) is 6.01. The van der Waals surface area contributed by atoms with Gasteiger partial charge in [0.1, 0.15) is 0 Å². The Morgan fingerprint density at radius 1 is 0.889 bits per heavy atom. The molecule has 10 heteroatoms. The molecule has 0 fully saturated rings. The van der Waals surface area contributed by atoms with Gasteiger partial charge in [-0.3, -0.25) is 19.2 Å². The van der Waals surface area contributed by atoms with Crippen LogP contribution in [-0.2, 0) is 28.4 Å². The molecule has 9 nitrogen and oxygen atoms in total. The van der Waals surface area contributed by atoms with Gasteiger partial charge in [0, 0.05) is 24.3 Å². The van der Waals surface area contributed by atoms with E-state index >= 15 is 0 Å². The average molecular weight is 272 g/mol. The van der Waals surface area contributed by atoms with Gasteiger partial charge in [0.2, 0.25) is 0 Å². The summed E-state index contributed by atoms with van der Waals surface area (Å²) in [5, 5.41) is -0.000340. The molecule has 4 amide bonds. The zero-order chi connectivity index (χ0) is 13.5. The highest BCUT2D eigenvalue weighted by atomic mass is 31.2. The van der Waals surface area contributed by atoms with Crippen LogP contribution in [-0.4, -0.2) is 38.3 Å². The Kier molecular flexibility index (Phi) is 2.74. The van der Waals surface area contributed by atoms with E-state index in [1.54, 1.807) is 0 Å². The second-order valence-corrected chi connectivity index (χ2v) is 4.74. The first kappa shape index (κ1) is 12.4. The molecular formula is C8H5N2O7P.